The monoisotopic (exact) mass is 426 g/mol. The highest BCUT2D eigenvalue weighted by atomic mass is 16.1. The number of likely N-dealkylation sites (tertiary alicyclic amines) is 1. The molecule has 0 saturated carbocycles. The van der Waals surface area contributed by atoms with Crippen LogP contribution in [0.2, 0.25) is 0 Å². The second-order valence-corrected chi connectivity index (χ2v) is 8.93. The molecule has 1 N–H and O–H groups in total. The van der Waals surface area contributed by atoms with Crippen LogP contribution in [0.15, 0.2) is 53.8 Å². The first-order chi connectivity index (χ1) is 15.7. The minimum absolute atomic E-state index is 0.0675. The summed E-state index contributed by atoms with van der Waals surface area (Å²) in [4.78, 5) is 24.5. The summed E-state index contributed by atoms with van der Waals surface area (Å²) in [7, 11) is 1.93. The fourth-order valence-electron chi connectivity index (χ4n) is 5.18. The molecule has 0 aliphatic carbocycles. The molecule has 1 saturated heterocycles. The quantitative estimate of drug-likeness (QED) is 0.694. The predicted molar refractivity (Wildman–Crippen MR) is 123 cm³/mol. The molecule has 0 bridgehead atoms. The Kier molecular flexibility index (Phi) is 4.64. The number of carbonyl (C=O) groups is 1. The Bertz CT molecular complexity index is 1210. The van der Waals surface area contributed by atoms with Crippen LogP contribution in [0.5, 0.6) is 0 Å². The van der Waals surface area contributed by atoms with Crippen LogP contribution in [-0.2, 0) is 13.6 Å². The van der Waals surface area contributed by atoms with E-state index in [1.54, 1.807) is 6.33 Å². The van der Waals surface area contributed by atoms with Crippen LogP contribution in [0.1, 0.15) is 51.1 Å². The molecule has 3 aromatic rings. The number of aliphatic imine (C=N–C) groups is 1. The second-order valence-electron chi connectivity index (χ2n) is 8.93. The van der Waals surface area contributed by atoms with Crippen molar-refractivity contribution in [1.82, 2.24) is 19.7 Å². The average molecular weight is 427 g/mol. The molecule has 3 aliphatic rings. The summed E-state index contributed by atoms with van der Waals surface area (Å²) < 4.78 is 1.84. The van der Waals surface area contributed by atoms with E-state index in [1.165, 1.54) is 30.6 Å². The number of aryl methyl sites for hydroxylation is 1. The van der Waals surface area contributed by atoms with Gasteiger partial charge in [0.05, 0.1) is 11.6 Å². The zero-order valence-electron chi connectivity index (χ0n) is 18.2. The summed E-state index contributed by atoms with van der Waals surface area (Å²) in [6, 6.07) is 14.9. The molecule has 2 aromatic carbocycles. The first-order valence-electron chi connectivity index (χ1n) is 11.3. The lowest BCUT2D eigenvalue weighted by Gasteiger charge is -2.31. The van der Waals surface area contributed by atoms with E-state index in [4.69, 9.17) is 4.99 Å². The minimum Gasteiger partial charge on any atom is -0.384 e. The van der Waals surface area contributed by atoms with E-state index in [0.717, 1.165) is 41.4 Å². The number of anilines is 1. The third-order valence-corrected chi connectivity index (χ3v) is 7.01. The number of ketones is 1. The van der Waals surface area contributed by atoms with Crippen molar-refractivity contribution in [3.63, 3.8) is 0 Å². The summed E-state index contributed by atoms with van der Waals surface area (Å²) in [6.45, 7) is 4.32. The van der Waals surface area contributed by atoms with Crippen molar-refractivity contribution in [3.8, 4) is 0 Å². The lowest BCUT2D eigenvalue weighted by atomic mass is 9.78. The molecule has 4 heterocycles. The smallest absolute Gasteiger partial charge is 0.184 e. The summed E-state index contributed by atoms with van der Waals surface area (Å²) in [6.07, 6.45) is 2.90. The number of hydrogen-bond donors (Lipinski definition) is 1. The average Bonchev–Trinajstić information content (AvgIpc) is 3.13. The van der Waals surface area contributed by atoms with Crippen LogP contribution in [-0.4, -0.2) is 57.3 Å². The Morgan fingerprint density at radius 3 is 2.69 bits per heavy atom. The molecule has 2 atom stereocenters. The summed E-state index contributed by atoms with van der Waals surface area (Å²) in [5, 5.41) is 7.96. The van der Waals surface area contributed by atoms with Crippen LogP contribution in [0, 0.1) is 0 Å². The highest BCUT2D eigenvalue weighted by Crippen LogP contribution is 2.42. The van der Waals surface area contributed by atoms with Crippen molar-refractivity contribution in [1.29, 1.82) is 0 Å². The van der Waals surface area contributed by atoms with Crippen molar-refractivity contribution in [2.45, 2.75) is 24.8 Å². The number of nitrogens with one attached hydrogen (secondary N) is 1. The molecule has 3 aliphatic heterocycles. The summed E-state index contributed by atoms with van der Waals surface area (Å²) in [5.74, 6) is 0.963. The number of rotatable bonds is 4. The number of benzene rings is 2. The van der Waals surface area contributed by atoms with Crippen molar-refractivity contribution in [2.24, 2.45) is 12.0 Å². The Hall–Kier alpha value is -3.32. The van der Waals surface area contributed by atoms with Crippen molar-refractivity contribution in [2.75, 3.05) is 31.5 Å². The van der Waals surface area contributed by atoms with E-state index in [9.17, 15) is 4.79 Å². The number of carbonyl (C=O) groups excluding carboxylic acids is 1. The maximum Gasteiger partial charge on any atom is 0.184 e. The van der Waals surface area contributed by atoms with Gasteiger partial charge in [-0.3, -0.25) is 19.4 Å². The summed E-state index contributed by atoms with van der Waals surface area (Å²) in [5.41, 5.74) is 6.17. The van der Waals surface area contributed by atoms with E-state index < -0.39 is 0 Å². The lowest BCUT2D eigenvalue weighted by molar-refractivity contribution is 0.1000. The van der Waals surface area contributed by atoms with Gasteiger partial charge in [-0.05, 0) is 36.7 Å². The van der Waals surface area contributed by atoms with Crippen LogP contribution in [0.4, 0.5) is 5.69 Å². The molecule has 7 heteroatoms. The van der Waals surface area contributed by atoms with Gasteiger partial charge >= 0.3 is 0 Å². The largest absolute Gasteiger partial charge is 0.384 e. The Labute approximate surface area is 187 Å². The zero-order valence-corrected chi connectivity index (χ0v) is 18.2. The maximum atomic E-state index is 12.6. The fourth-order valence-corrected chi connectivity index (χ4v) is 5.18. The SMILES string of the molecule is Cn1ncnc1C1C2=NCC(=O)c3cccc(c32)NCC1c1ccc(CN2CCC2)cc1. The van der Waals surface area contributed by atoms with Gasteiger partial charge in [0.2, 0.25) is 0 Å². The fraction of sp³-hybridized carbons (Fsp3) is 0.360. The van der Waals surface area contributed by atoms with Gasteiger partial charge in [0.25, 0.3) is 0 Å². The van der Waals surface area contributed by atoms with E-state index in [2.05, 4.69) is 44.6 Å². The van der Waals surface area contributed by atoms with E-state index >= 15 is 0 Å². The van der Waals surface area contributed by atoms with Gasteiger partial charge in [-0.25, -0.2) is 4.98 Å². The van der Waals surface area contributed by atoms with E-state index in [-0.39, 0.29) is 24.2 Å². The second kappa shape index (κ2) is 7.67. The molecule has 0 radical (unpaired) electrons. The molecule has 1 aromatic heterocycles. The van der Waals surface area contributed by atoms with Crippen molar-refractivity contribution < 1.29 is 4.79 Å². The molecule has 162 valence electrons. The standard InChI is InChI=1S/C25H26N6O/c1-30-25(28-15-29-30)23-19(17-8-6-16(7-9-17)14-31-10-3-11-31)12-26-20-5-2-4-18-21(32)13-27-24(23)22(18)20/h2,4-9,15,19,23,26H,3,10-14H2,1H3. The predicted octanol–water partition coefficient (Wildman–Crippen LogP) is 3.00. The summed E-state index contributed by atoms with van der Waals surface area (Å²) >= 11 is 0. The van der Waals surface area contributed by atoms with Gasteiger partial charge in [-0.2, -0.15) is 5.10 Å². The number of Topliss-reactive ketones (excluding diaryl/α,β-unsaturated/α-hetero) is 1. The van der Waals surface area contributed by atoms with Crippen molar-refractivity contribution >= 4 is 17.2 Å². The number of aromatic nitrogens is 3. The normalized spacial score (nSPS) is 22.4. The Morgan fingerprint density at radius 1 is 1.12 bits per heavy atom. The molecule has 7 nitrogen and oxygen atoms in total. The van der Waals surface area contributed by atoms with Gasteiger partial charge in [0.1, 0.15) is 18.7 Å². The van der Waals surface area contributed by atoms with Gasteiger partial charge in [0, 0.05) is 42.9 Å². The third-order valence-electron chi connectivity index (χ3n) is 7.01. The van der Waals surface area contributed by atoms with Gasteiger partial charge in [-0.1, -0.05) is 36.4 Å². The Morgan fingerprint density at radius 2 is 1.97 bits per heavy atom. The van der Waals surface area contributed by atoms with Gasteiger partial charge in [0.15, 0.2) is 5.78 Å². The number of nitrogens with zero attached hydrogens (tertiary/aromatic N) is 5. The molecule has 32 heavy (non-hydrogen) atoms. The van der Waals surface area contributed by atoms with Crippen LogP contribution >= 0.6 is 0 Å². The third kappa shape index (κ3) is 3.15. The topological polar surface area (TPSA) is 75.4 Å². The lowest BCUT2D eigenvalue weighted by Crippen LogP contribution is -2.36. The molecule has 1 fully saturated rings. The molecular formula is C25H26N6O. The van der Waals surface area contributed by atoms with E-state index in [0.29, 0.717) is 0 Å². The minimum atomic E-state index is -0.0910. The first-order valence-corrected chi connectivity index (χ1v) is 11.3. The molecule has 0 spiro atoms. The van der Waals surface area contributed by atoms with Crippen molar-refractivity contribution in [3.05, 3.63) is 76.9 Å². The molecule has 0 amide bonds. The van der Waals surface area contributed by atoms with E-state index in [1.807, 2.05) is 29.9 Å². The maximum absolute atomic E-state index is 12.6. The van der Waals surface area contributed by atoms with Crippen LogP contribution in [0.25, 0.3) is 0 Å². The zero-order chi connectivity index (χ0) is 21.7. The number of hydrogen-bond acceptors (Lipinski definition) is 6. The molecule has 6 rings (SSSR count). The van der Waals surface area contributed by atoms with Crippen LogP contribution in [0.3, 0.4) is 0 Å². The van der Waals surface area contributed by atoms with Crippen LogP contribution < -0.4 is 5.32 Å². The highest BCUT2D eigenvalue weighted by Gasteiger charge is 2.39. The first kappa shape index (κ1) is 19.4. The molecule has 2 unspecified atom stereocenters. The van der Waals surface area contributed by atoms with Gasteiger partial charge in [-0.15, -0.1) is 0 Å². The molecular weight excluding hydrogens is 400 g/mol. The highest BCUT2D eigenvalue weighted by molar-refractivity contribution is 6.20. The Balaban J connectivity index is 1.44. The van der Waals surface area contributed by atoms with Gasteiger partial charge < -0.3 is 5.32 Å².